The highest BCUT2D eigenvalue weighted by Gasteiger charge is 2.26. The number of nitrogens with one attached hydrogen (secondary N) is 3. The number of methoxy groups -OCH3 is 1. The topological polar surface area (TPSA) is 152 Å². The third-order valence-corrected chi connectivity index (χ3v) is 6.51. The maximum Gasteiger partial charge on any atom is 0.348 e. The van der Waals surface area contributed by atoms with Gasteiger partial charge >= 0.3 is 11.7 Å². The molecule has 4 N–H and O–H groups in total. The number of rotatable bonds is 8. The Balaban J connectivity index is 1.62. The number of H-pyrrole nitrogens is 1. The Labute approximate surface area is 208 Å². The summed E-state index contributed by atoms with van der Waals surface area (Å²) in [5.41, 5.74) is 2.53. The number of carbonyl (C=O) groups is 1. The van der Waals surface area contributed by atoms with Crippen molar-refractivity contribution in [1.82, 2.24) is 14.8 Å². The molecule has 12 heteroatoms. The number of anilines is 1. The largest absolute Gasteiger partial charge is 0.493 e. The van der Waals surface area contributed by atoms with Gasteiger partial charge in [-0.3, -0.25) is 4.98 Å². The SMILES string of the molecule is COc1cc(C(Nc2ccc(C=N)cc2)c2nn(-c3ccsc3C(=O)O)c(=O)[nH]2)cc2c1OCOC2. The summed E-state index contributed by atoms with van der Waals surface area (Å²) >= 11 is 1.01. The summed E-state index contributed by atoms with van der Waals surface area (Å²) in [5.74, 6) is 0.213. The van der Waals surface area contributed by atoms with E-state index in [0.717, 1.165) is 27.1 Å². The zero-order valence-electron chi connectivity index (χ0n) is 19.0. The van der Waals surface area contributed by atoms with Crippen LogP contribution < -0.4 is 20.5 Å². The molecule has 2 aromatic carbocycles. The van der Waals surface area contributed by atoms with Gasteiger partial charge in [0.05, 0.1) is 19.4 Å². The lowest BCUT2D eigenvalue weighted by Crippen LogP contribution is -2.18. The molecule has 1 unspecified atom stereocenters. The van der Waals surface area contributed by atoms with E-state index in [1.165, 1.54) is 19.4 Å². The Morgan fingerprint density at radius 2 is 2.14 bits per heavy atom. The maximum absolute atomic E-state index is 12.9. The van der Waals surface area contributed by atoms with Crippen molar-refractivity contribution in [3.05, 3.63) is 85.7 Å². The molecule has 36 heavy (non-hydrogen) atoms. The highest BCUT2D eigenvalue weighted by Crippen LogP contribution is 2.38. The zero-order valence-corrected chi connectivity index (χ0v) is 19.8. The molecule has 0 aliphatic carbocycles. The lowest BCUT2D eigenvalue weighted by molar-refractivity contribution is -0.0180. The Kier molecular flexibility index (Phi) is 6.27. The molecule has 1 aliphatic heterocycles. The molecule has 11 nitrogen and oxygen atoms in total. The lowest BCUT2D eigenvalue weighted by Gasteiger charge is -2.24. The Hall–Kier alpha value is -4.42. The van der Waals surface area contributed by atoms with E-state index in [9.17, 15) is 14.7 Å². The molecule has 0 spiro atoms. The number of hydrogen-bond donors (Lipinski definition) is 4. The summed E-state index contributed by atoms with van der Waals surface area (Å²) in [4.78, 5) is 27.3. The number of benzene rings is 2. The number of thiophene rings is 1. The molecule has 4 aromatic rings. The van der Waals surface area contributed by atoms with Crippen molar-refractivity contribution in [2.75, 3.05) is 19.2 Å². The molecule has 0 saturated carbocycles. The smallest absolute Gasteiger partial charge is 0.348 e. The number of carboxylic acids is 1. The predicted molar refractivity (Wildman–Crippen MR) is 132 cm³/mol. The van der Waals surface area contributed by atoms with Crippen LogP contribution in [-0.2, 0) is 11.3 Å². The molecule has 0 bridgehead atoms. The fourth-order valence-corrected chi connectivity index (χ4v) is 4.65. The lowest BCUT2D eigenvalue weighted by atomic mass is 10.0. The van der Waals surface area contributed by atoms with Gasteiger partial charge in [-0.05, 0) is 46.8 Å². The summed E-state index contributed by atoms with van der Waals surface area (Å²) in [6, 6.07) is 11.7. The number of nitrogens with zero attached hydrogens (tertiary/aromatic N) is 2. The van der Waals surface area contributed by atoms with Crippen LogP contribution in [0.25, 0.3) is 5.69 Å². The van der Waals surface area contributed by atoms with Crippen LogP contribution in [-0.4, -0.2) is 46.0 Å². The van der Waals surface area contributed by atoms with E-state index in [0.29, 0.717) is 29.4 Å². The van der Waals surface area contributed by atoms with Crippen LogP contribution in [0.3, 0.4) is 0 Å². The molecule has 0 amide bonds. The summed E-state index contributed by atoms with van der Waals surface area (Å²) in [5, 5.41) is 26.3. The Morgan fingerprint density at radius 1 is 1.33 bits per heavy atom. The van der Waals surface area contributed by atoms with Crippen molar-refractivity contribution < 1.29 is 24.1 Å². The van der Waals surface area contributed by atoms with E-state index in [2.05, 4.69) is 15.4 Å². The van der Waals surface area contributed by atoms with Crippen LogP contribution in [0.15, 0.2) is 52.6 Å². The molecular weight excluding hydrogens is 486 g/mol. The normalized spacial score (nSPS) is 13.4. The fourth-order valence-electron chi connectivity index (χ4n) is 3.94. The summed E-state index contributed by atoms with van der Waals surface area (Å²) < 4.78 is 17.7. The van der Waals surface area contributed by atoms with Crippen molar-refractivity contribution in [1.29, 1.82) is 5.41 Å². The van der Waals surface area contributed by atoms with Crippen molar-refractivity contribution in [3.8, 4) is 17.2 Å². The number of aromatic nitrogens is 3. The number of hydrogen-bond acceptors (Lipinski definition) is 9. The second-order valence-electron chi connectivity index (χ2n) is 7.83. The van der Waals surface area contributed by atoms with Gasteiger partial charge in [0.1, 0.15) is 10.9 Å². The third-order valence-electron chi connectivity index (χ3n) is 5.62. The van der Waals surface area contributed by atoms with Gasteiger partial charge < -0.3 is 30.0 Å². The first kappa shape index (κ1) is 23.3. The van der Waals surface area contributed by atoms with Gasteiger partial charge in [-0.2, -0.15) is 4.68 Å². The van der Waals surface area contributed by atoms with Crippen molar-refractivity contribution in [2.24, 2.45) is 0 Å². The third kappa shape index (κ3) is 4.34. The van der Waals surface area contributed by atoms with Crippen LogP contribution in [0.5, 0.6) is 11.5 Å². The minimum absolute atomic E-state index is 0.00615. The van der Waals surface area contributed by atoms with Gasteiger partial charge in [0, 0.05) is 17.5 Å². The second kappa shape index (κ2) is 9.68. The molecule has 1 atom stereocenters. The highest BCUT2D eigenvalue weighted by molar-refractivity contribution is 7.12. The van der Waals surface area contributed by atoms with Gasteiger partial charge in [-0.1, -0.05) is 12.1 Å². The molecule has 5 rings (SSSR count). The van der Waals surface area contributed by atoms with Crippen LogP contribution in [0.4, 0.5) is 5.69 Å². The Morgan fingerprint density at radius 3 is 2.86 bits per heavy atom. The zero-order chi connectivity index (χ0) is 25.2. The van der Waals surface area contributed by atoms with Crippen molar-refractivity contribution >= 4 is 29.2 Å². The van der Waals surface area contributed by atoms with E-state index in [-0.39, 0.29) is 23.2 Å². The minimum atomic E-state index is -1.14. The molecule has 2 aromatic heterocycles. The summed E-state index contributed by atoms with van der Waals surface area (Å²) in [6.07, 6.45) is 1.25. The molecule has 1 aliphatic rings. The molecule has 3 heterocycles. The van der Waals surface area contributed by atoms with Gasteiger partial charge in [-0.25, -0.2) is 9.59 Å². The monoisotopic (exact) mass is 507 g/mol. The molecule has 0 saturated heterocycles. The number of aromatic amines is 1. The second-order valence-corrected chi connectivity index (χ2v) is 8.75. The standard InChI is InChI=1S/C24H21N5O6S/c1-33-18-9-14(8-15-11-34-12-35-20(15)18)19(26-16-4-2-13(10-25)3-5-16)22-27-24(32)29(28-22)17-6-7-36-21(17)23(30)31/h2-10,19,25-26H,11-12H2,1H3,(H,30,31)(H,27,28,32). The molecule has 0 fully saturated rings. The first-order valence-corrected chi connectivity index (χ1v) is 11.6. The molecule has 0 radical (unpaired) electrons. The van der Waals surface area contributed by atoms with Crippen LogP contribution in [0.2, 0.25) is 0 Å². The number of fused-ring (bicyclic) bond motifs is 1. The summed E-state index contributed by atoms with van der Waals surface area (Å²) in [6.45, 7) is 0.441. The minimum Gasteiger partial charge on any atom is -0.493 e. The Bertz CT molecular complexity index is 1470. The van der Waals surface area contributed by atoms with E-state index >= 15 is 0 Å². The van der Waals surface area contributed by atoms with E-state index < -0.39 is 17.7 Å². The fraction of sp³-hybridized carbons (Fsp3) is 0.167. The summed E-state index contributed by atoms with van der Waals surface area (Å²) in [7, 11) is 1.54. The van der Waals surface area contributed by atoms with E-state index in [4.69, 9.17) is 19.6 Å². The average molecular weight is 508 g/mol. The van der Waals surface area contributed by atoms with Gasteiger partial charge in [0.15, 0.2) is 24.1 Å². The first-order chi connectivity index (χ1) is 17.5. The maximum atomic E-state index is 12.9. The van der Waals surface area contributed by atoms with E-state index in [1.807, 2.05) is 18.2 Å². The van der Waals surface area contributed by atoms with Gasteiger partial charge in [0.25, 0.3) is 0 Å². The van der Waals surface area contributed by atoms with Gasteiger partial charge in [0.2, 0.25) is 0 Å². The van der Waals surface area contributed by atoms with Crippen LogP contribution in [0, 0.1) is 5.41 Å². The van der Waals surface area contributed by atoms with Crippen LogP contribution in [0.1, 0.15) is 38.2 Å². The number of carboxylic acid groups (broad SMARTS) is 1. The van der Waals surface area contributed by atoms with Gasteiger partial charge in [-0.15, -0.1) is 16.4 Å². The first-order valence-electron chi connectivity index (χ1n) is 10.8. The number of ether oxygens (including phenoxy) is 3. The van der Waals surface area contributed by atoms with Crippen molar-refractivity contribution in [3.63, 3.8) is 0 Å². The van der Waals surface area contributed by atoms with E-state index in [1.54, 1.807) is 23.6 Å². The highest BCUT2D eigenvalue weighted by atomic mass is 32.1. The van der Waals surface area contributed by atoms with Crippen LogP contribution >= 0.6 is 11.3 Å². The molecule has 184 valence electrons. The average Bonchev–Trinajstić information content (AvgIpc) is 3.53. The molecular formula is C24H21N5O6S. The quantitative estimate of drug-likeness (QED) is 0.265. The number of aromatic carboxylic acids is 1. The van der Waals surface area contributed by atoms with Crippen molar-refractivity contribution in [2.45, 2.75) is 12.6 Å². The predicted octanol–water partition coefficient (Wildman–Crippen LogP) is 3.39.